The summed E-state index contributed by atoms with van der Waals surface area (Å²) in [6.45, 7) is 5.50. The van der Waals surface area contributed by atoms with Crippen molar-refractivity contribution in [2.45, 2.75) is 26.9 Å². The van der Waals surface area contributed by atoms with Crippen LogP contribution in [0, 0.1) is 0 Å². The first kappa shape index (κ1) is 16.3. The molecule has 2 aromatic rings. The van der Waals surface area contributed by atoms with E-state index in [-0.39, 0.29) is 0 Å². The van der Waals surface area contributed by atoms with Gasteiger partial charge in [0, 0.05) is 0 Å². The highest BCUT2D eigenvalue weighted by Gasteiger charge is 1.98. The SMILES string of the molecule is C/C=C\c1ccc(-c2ccc(COC/C=C/CC)cc2)cc1. The highest BCUT2D eigenvalue weighted by molar-refractivity contribution is 5.65. The molecule has 0 spiro atoms. The zero-order valence-corrected chi connectivity index (χ0v) is 13.5. The maximum atomic E-state index is 5.62. The van der Waals surface area contributed by atoms with Crippen LogP contribution in [0.5, 0.6) is 0 Å². The summed E-state index contributed by atoms with van der Waals surface area (Å²) in [6, 6.07) is 17.2. The molecule has 0 N–H and O–H groups in total. The number of hydrogen-bond acceptors (Lipinski definition) is 1. The monoisotopic (exact) mass is 292 g/mol. The van der Waals surface area contributed by atoms with E-state index in [0.29, 0.717) is 13.2 Å². The quantitative estimate of drug-likeness (QED) is 0.458. The molecule has 0 unspecified atom stereocenters. The summed E-state index contributed by atoms with van der Waals surface area (Å²) in [5, 5.41) is 0. The highest BCUT2D eigenvalue weighted by Crippen LogP contribution is 2.21. The summed E-state index contributed by atoms with van der Waals surface area (Å²) in [6.07, 6.45) is 9.42. The summed E-state index contributed by atoms with van der Waals surface area (Å²) in [4.78, 5) is 0. The summed E-state index contributed by atoms with van der Waals surface area (Å²) >= 11 is 0. The average Bonchev–Trinajstić information content (AvgIpc) is 2.56. The molecule has 0 aliphatic carbocycles. The molecule has 0 fully saturated rings. The van der Waals surface area contributed by atoms with Crippen molar-refractivity contribution in [3.63, 3.8) is 0 Å². The van der Waals surface area contributed by atoms with Gasteiger partial charge >= 0.3 is 0 Å². The molecular weight excluding hydrogens is 268 g/mol. The number of ether oxygens (including phenoxy) is 1. The van der Waals surface area contributed by atoms with Gasteiger partial charge in [-0.1, -0.05) is 79.8 Å². The van der Waals surface area contributed by atoms with Crippen molar-refractivity contribution in [1.82, 2.24) is 0 Å². The third kappa shape index (κ3) is 5.01. The molecule has 0 saturated carbocycles. The van der Waals surface area contributed by atoms with Crippen LogP contribution in [0.25, 0.3) is 17.2 Å². The maximum absolute atomic E-state index is 5.62. The topological polar surface area (TPSA) is 9.23 Å². The lowest BCUT2D eigenvalue weighted by atomic mass is 10.0. The predicted molar refractivity (Wildman–Crippen MR) is 95.7 cm³/mol. The molecule has 0 aliphatic rings. The Morgan fingerprint density at radius 2 is 1.50 bits per heavy atom. The van der Waals surface area contributed by atoms with Gasteiger partial charge < -0.3 is 4.74 Å². The van der Waals surface area contributed by atoms with E-state index < -0.39 is 0 Å². The molecule has 2 aromatic carbocycles. The van der Waals surface area contributed by atoms with E-state index >= 15 is 0 Å². The lowest BCUT2D eigenvalue weighted by Gasteiger charge is -2.05. The number of hydrogen-bond donors (Lipinski definition) is 0. The minimum atomic E-state index is 0.661. The molecular formula is C21H24O. The van der Waals surface area contributed by atoms with Gasteiger partial charge in [-0.3, -0.25) is 0 Å². The van der Waals surface area contributed by atoms with Gasteiger partial charge in [0.1, 0.15) is 0 Å². The summed E-state index contributed by atoms with van der Waals surface area (Å²) in [5.74, 6) is 0. The van der Waals surface area contributed by atoms with E-state index in [1.54, 1.807) is 0 Å². The third-order valence-corrected chi connectivity index (χ3v) is 3.44. The van der Waals surface area contributed by atoms with Gasteiger partial charge in [-0.2, -0.15) is 0 Å². The minimum absolute atomic E-state index is 0.661. The molecule has 22 heavy (non-hydrogen) atoms. The van der Waals surface area contributed by atoms with Crippen LogP contribution in [0.1, 0.15) is 31.4 Å². The van der Waals surface area contributed by atoms with E-state index in [0.717, 1.165) is 6.42 Å². The second-order valence-electron chi connectivity index (χ2n) is 5.21. The second-order valence-corrected chi connectivity index (χ2v) is 5.21. The first-order valence-electron chi connectivity index (χ1n) is 7.88. The van der Waals surface area contributed by atoms with Crippen molar-refractivity contribution in [1.29, 1.82) is 0 Å². The number of allylic oxidation sites excluding steroid dienone is 2. The van der Waals surface area contributed by atoms with Crippen LogP contribution in [-0.4, -0.2) is 6.61 Å². The van der Waals surface area contributed by atoms with Gasteiger partial charge in [-0.25, -0.2) is 0 Å². The molecule has 0 bridgehead atoms. The molecule has 0 aliphatic heterocycles. The summed E-state index contributed by atoms with van der Waals surface area (Å²) in [7, 11) is 0. The van der Waals surface area contributed by atoms with Crippen molar-refractivity contribution in [2.24, 2.45) is 0 Å². The van der Waals surface area contributed by atoms with Crippen LogP contribution in [0.2, 0.25) is 0 Å². The van der Waals surface area contributed by atoms with Gasteiger partial charge in [0.15, 0.2) is 0 Å². The number of rotatable bonds is 7. The smallest absolute Gasteiger partial charge is 0.0721 e. The molecule has 2 rings (SSSR count). The van der Waals surface area contributed by atoms with Gasteiger partial charge in [0.05, 0.1) is 13.2 Å². The Morgan fingerprint density at radius 1 is 0.864 bits per heavy atom. The normalized spacial score (nSPS) is 11.5. The van der Waals surface area contributed by atoms with Gasteiger partial charge in [0.25, 0.3) is 0 Å². The largest absolute Gasteiger partial charge is 0.373 e. The average molecular weight is 292 g/mol. The maximum Gasteiger partial charge on any atom is 0.0721 e. The fourth-order valence-electron chi connectivity index (χ4n) is 2.25. The van der Waals surface area contributed by atoms with Crippen molar-refractivity contribution >= 4 is 6.08 Å². The van der Waals surface area contributed by atoms with Crippen molar-refractivity contribution < 1.29 is 4.74 Å². The molecule has 0 atom stereocenters. The Balaban J connectivity index is 1.94. The van der Waals surface area contributed by atoms with Crippen LogP contribution >= 0.6 is 0 Å². The van der Waals surface area contributed by atoms with Gasteiger partial charge in [-0.15, -0.1) is 0 Å². The zero-order valence-electron chi connectivity index (χ0n) is 13.5. The molecule has 0 saturated heterocycles. The zero-order chi connectivity index (χ0) is 15.6. The van der Waals surface area contributed by atoms with Crippen LogP contribution in [0.15, 0.2) is 66.8 Å². The number of benzene rings is 2. The van der Waals surface area contributed by atoms with Crippen molar-refractivity contribution in [3.8, 4) is 11.1 Å². The third-order valence-electron chi connectivity index (χ3n) is 3.44. The minimum Gasteiger partial charge on any atom is -0.373 e. The summed E-state index contributed by atoms with van der Waals surface area (Å²) in [5.41, 5.74) is 4.92. The molecule has 1 heteroatoms. The van der Waals surface area contributed by atoms with Crippen LogP contribution in [0.3, 0.4) is 0 Å². The Hall–Kier alpha value is -2.12. The first-order chi connectivity index (χ1) is 10.8. The summed E-state index contributed by atoms with van der Waals surface area (Å²) < 4.78 is 5.62. The Morgan fingerprint density at radius 3 is 2.09 bits per heavy atom. The fraction of sp³-hybridized carbons (Fsp3) is 0.238. The second kappa shape index (κ2) is 9.01. The highest BCUT2D eigenvalue weighted by atomic mass is 16.5. The van der Waals surface area contributed by atoms with Crippen molar-refractivity contribution in [3.05, 3.63) is 77.9 Å². The van der Waals surface area contributed by atoms with E-state index in [4.69, 9.17) is 4.74 Å². The lowest BCUT2D eigenvalue weighted by Crippen LogP contribution is -1.92. The van der Waals surface area contributed by atoms with E-state index in [1.807, 2.05) is 6.92 Å². The van der Waals surface area contributed by atoms with E-state index in [9.17, 15) is 0 Å². The van der Waals surface area contributed by atoms with Gasteiger partial charge in [0.2, 0.25) is 0 Å². The Bertz CT molecular complexity index is 603. The standard InChI is InChI=1S/C21H24O/c1-3-5-6-16-22-17-19-10-14-21(15-11-19)20-12-8-18(7-4-2)9-13-20/h4-15H,3,16-17H2,1-2H3/b6-5+,7-4-. The van der Waals surface area contributed by atoms with Crippen molar-refractivity contribution in [2.75, 3.05) is 6.61 Å². The Kier molecular flexibility index (Phi) is 6.66. The molecule has 114 valence electrons. The van der Waals surface area contributed by atoms with E-state index in [2.05, 4.69) is 79.8 Å². The molecule has 0 radical (unpaired) electrons. The fourth-order valence-corrected chi connectivity index (χ4v) is 2.25. The molecule has 1 nitrogen and oxygen atoms in total. The predicted octanol–water partition coefficient (Wildman–Crippen LogP) is 5.87. The lowest BCUT2D eigenvalue weighted by molar-refractivity contribution is 0.148. The molecule has 0 amide bonds. The first-order valence-corrected chi connectivity index (χ1v) is 7.88. The van der Waals surface area contributed by atoms with Crippen LogP contribution in [-0.2, 0) is 11.3 Å². The Labute approximate surface area is 134 Å². The van der Waals surface area contributed by atoms with Crippen LogP contribution < -0.4 is 0 Å². The van der Waals surface area contributed by atoms with Crippen LogP contribution in [0.4, 0.5) is 0 Å². The molecule has 0 heterocycles. The van der Waals surface area contributed by atoms with Gasteiger partial charge in [-0.05, 0) is 35.6 Å². The molecule has 0 aromatic heterocycles. The van der Waals surface area contributed by atoms with E-state index in [1.165, 1.54) is 22.3 Å².